The molecule has 280 valence electrons. The number of para-hydroxylation sites is 1. The Kier molecular flexibility index (Phi) is 7.89. The summed E-state index contributed by atoms with van der Waals surface area (Å²) in [4.78, 5) is 2.50. The minimum Gasteiger partial charge on any atom is -0.455 e. The van der Waals surface area contributed by atoms with E-state index in [9.17, 15) is 0 Å². The summed E-state index contributed by atoms with van der Waals surface area (Å²) in [6.07, 6.45) is 0. The summed E-state index contributed by atoms with van der Waals surface area (Å²) in [7, 11) is 0. The molecule has 0 radical (unpaired) electrons. The smallest absolute Gasteiger partial charge is 0.143 e. The van der Waals surface area contributed by atoms with Gasteiger partial charge in [-0.25, -0.2) is 0 Å². The van der Waals surface area contributed by atoms with Crippen molar-refractivity contribution in [2.24, 2.45) is 0 Å². The van der Waals surface area contributed by atoms with Crippen molar-refractivity contribution >= 4 is 82.1 Å². The van der Waals surface area contributed by atoms with Crippen LogP contribution in [0.3, 0.4) is 0 Å². The van der Waals surface area contributed by atoms with Gasteiger partial charge in [0.05, 0.1) is 11.4 Å². The lowest BCUT2D eigenvalue weighted by molar-refractivity contribution is 0.672. The molecule has 0 aliphatic rings. The number of benzene rings is 11. The van der Waals surface area contributed by atoms with E-state index in [1.54, 1.807) is 0 Å². The number of furan rings is 1. The van der Waals surface area contributed by atoms with Gasteiger partial charge in [-0.15, -0.1) is 0 Å². The standard InChI is InChI=1S/C58H37NO/c1-3-17-38(18-4-1)40-31-32-55(51(34-40)39-19-5-2-6-20-39)59(56-37-54-49-28-15-16-30-57(49)60-58(54)50-29-14-13-27-48(50)56)43-33-41-21-7-10-24-45(41)53(36-43)52-35-42-22-8-9-23-44(42)46-25-11-12-26-47(46)52/h1-37H. The summed E-state index contributed by atoms with van der Waals surface area (Å²) >= 11 is 0. The fourth-order valence-corrected chi connectivity index (χ4v) is 9.43. The van der Waals surface area contributed by atoms with Crippen LogP contribution in [0, 0.1) is 0 Å². The molecule has 0 amide bonds. The van der Waals surface area contributed by atoms with E-state index in [0.29, 0.717) is 0 Å². The second-order valence-corrected chi connectivity index (χ2v) is 15.6. The topological polar surface area (TPSA) is 16.4 Å². The van der Waals surface area contributed by atoms with Crippen molar-refractivity contribution in [2.45, 2.75) is 0 Å². The van der Waals surface area contributed by atoms with Crippen molar-refractivity contribution in [3.8, 4) is 33.4 Å². The van der Waals surface area contributed by atoms with Gasteiger partial charge >= 0.3 is 0 Å². The SMILES string of the molecule is c1ccc(-c2ccc(N(c3cc(-c4cc5ccccc5c5ccccc45)c4ccccc4c3)c3cc4c5ccccc5oc4c4ccccc34)c(-c3ccccc3)c2)cc1. The molecular weight excluding hydrogens is 727 g/mol. The van der Waals surface area contributed by atoms with Crippen LogP contribution in [-0.2, 0) is 0 Å². The summed E-state index contributed by atoms with van der Waals surface area (Å²) in [5, 5.41) is 11.7. The molecule has 0 saturated carbocycles. The van der Waals surface area contributed by atoms with Crippen molar-refractivity contribution in [3.63, 3.8) is 0 Å². The molecule has 0 bridgehead atoms. The average Bonchev–Trinajstić information content (AvgIpc) is 3.71. The molecule has 0 aliphatic heterocycles. The van der Waals surface area contributed by atoms with Crippen molar-refractivity contribution in [3.05, 3.63) is 224 Å². The molecule has 1 aromatic heterocycles. The largest absolute Gasteiger partial charge is 0.455 e. The van der Waals surface area contributed by atoms with Gasteiger partial charge in [0.1, 0.15) is 11.2 Å². The Hall–Kier alpha value is -7.94. The second kappa shape index (κ2) is 13.9. The molecule has 0 spiro atoms. The van der Waals surface area contributed by atoms with E-state index < -0.39 is 0 Å². The van der Waals surface area contributed by atoms with E-state index in [1.165, 1.54) is 54.6 Å². The number of hydrogen-bond donors (Lipinski definition) is 0. The molecule has 0 N–H and O–H groups in total. The first-order valence-electron chi connectivity index (χ1n) is 20.6. The van der Waals surface area contributed by atoms with E-state index in [1.807, 2.05) is 6.07 Å². The van der Waals surface area contributed by atoms with Gasteiger partial charge in [0.15, 0.2) is 0 Å². The van der Waals surface area contributed by atoms with Gasteiger partial charge in [-0.3, -0.25) is 0 Å². The Labute approximate surface area is 347 Å². The molecular formula is C58H37NO. The Morgan fingerprint density at radius 1 is 0.283 bits per heavy atom. The zero-order valence-electron chi connectivity index (χ0n) is 32.7. The van der Waals surface area contributed by atoms with E-state index in [4.69, 9.17) is 4.42 Å². The van der Waals surface area contributed by atoms with Gasteiger partial charge in [-0.1, -0.05) is 182 Å². The van der Waals surface area contributed by atoms with Crippen LogP contribution in [0.1, 0.15) is 0 Å². The number of anilines is 3. The molecule has 0 saturated heterocycles. The van der Waals surface area contributed by atoms with Crippen molar-refractivity contribution in [1.29, 1.82) is 0 Å². The molecule has 2 heteroatoms. The van der Waals surface area contributed by atoms with Gasteiger partial charge in [-0.05, 0) is 103 Å². The predicted octanol–water partition coefficient (Wildman–Crippen LogP) is 16.7. The fourth-order valence-electron chi connectivity index (χ4n) is 9.43. The maximum atomic E-state index is 6.66. The highest BCUT2D eigenvalue weighted by atomic mass is 16.3. The Morgan fingerprint density at radius 2 is 0.850 bits per heavy atom. The highest BCUT2D eigenvalue weighted by Crippen LogP contribution is 2.50. The van der Waals surface area contributed by atoms with E-state index in [-0.39, 0.29) is 0 Å². The van der Waals surface area contributed by atoms with Gasteiger partial charge in [0.25, 0.3) is 0 Å². The lowest BCUT2D eigenvalue weighted by Gasteiger charge is -2.30. The quantitative estimate of drug-likeness (QED) is 0.157. The fraction of sp³-hybridized carbons (Fsp3) is 0. The highest BCUT2D eigenvalue weighted by Gasteiger charge is 2.25. The molecule has 0 aliphatic carbocycles. The normalized spacial score (nSPS) is 11.7. The second-order valence-electron chi connectivity index (χ2n) is 15.6. The summed E-state index contributed by atoms with van der Waals surface area (Å²) in [5.74, 6) is 0. The van der Waals surface area contributed by atoms with Crippen molar-refractivity contribution in [2.75, 3.05) is 4.90 Å². The Bertz CT molecular complexity index is 3600. The van der Waals surface area contributed by atoms with Crippen LogP contribution in [0.4, 0.5) is 17.1 Å². The first-order chi connectivity index (χ1) is 29.8. The summed E-state index contributed by atoms with van der Waals surface area (Å²) in [6, 6.07) is 81.5. The van der Waals surface area contributed by atoms with Crippen LogP contribution >= 0.6 is 0 Å². The molecule has 12 aromatic rings. The number of rotatable bonds is 6. The number of fused-ring (bicyclic) bond motifs is 9. The summed E-state index contributed by atoms with van der Waals surface area (Å²) < 4.78 is 6.66. The first kappa shape index (κ1) is 34.1. The van der Waals surface area contributed by atoms with Crippen molar-refractivity contribution < 1.29 is 4.42 Å². The molecule has 0 atom stereocenters. The van der Waals surface area contributed by atoms with Crippen LogP contribution in [0.15, 0.2) is 229 Å². The van der Waals surface area contributed by atoms with Crippen LogP contribution < -0.4 is 4.90 Å². The van der Waals surface area contributed by atoms with Crippen LogP contribution in [0.2, 0.25) is 0 Å². The van der Waals surface area contributed by atoms with E-state index >= 15 is 0 Å². The highest BCUT2D eigenvalue weighted by molar-refractivity contribution is 6.21. The minimum atomic E-state index is 0.884. The third-order valence-corrected chi connectivity index (χ3v) is 12.2. The lowest BCUT2D eigenvalue weighted by Crippen LogP contribution is -2.12. The maximum absolute atomic E-state index is 6.66. The third-order valence-electron chi connectivity index (χ3n) is 12.2. The summed E-state index contributed by atoms with van der Waals surface area (Å²) in [6.45, 7) is 0. The number of nitrogens with zero attached hydrogens (tertiary/aromatic N) is 1. The molecule has 2 nitrogen and oxygen atoms in total. The molecule has 1 heterocycles. The third kappa shape index (κ3) is 5.50. The van der Waals surface area contributed by atoms with E-state index in [0.717, 1.165) is 60.9 Å². The molecule has 60 heavy (non-hydrogen) atoms. The first-order valence-corrected chi connectivity index (χ1v) is 20.6. The zero-order chi connectivity index (χ0) is 39.6. The van der Waals surface area contributed by atoms with Crippen LogP contribution in [-0.4, -0.2) is 0 Å². The predicted molar refractivity (Wildman–Crippen MR) is 255 cm³/mol. The molecule has 11 aromatic carbocycles. The van der Waals surface area contributed by atoms with Crippen molar-refractivity contribution in [1.82, 2.24) is 0 Å². The Morgan fingerprint density at radius 3 is 1.62 bits per heavy atom. The van der Waals surface area contributed by atoms with Crippen LogP contribution in [0.25, 0.3) is 98.4 Å². The lowest BCUT2D eigenvalue weighted by atomic mass is 9.90. The molecule has 0 unspecified atom stereocenters. The van der Waals surface area contributed by atoms with E-state index in [2.05, 4.69) is 223 Å². The average molecular weight is 764 g/mol. The minimum absolute atomic E-state index is 0.884. The van der Waals surface area contributed by atoms with Crippen LogP contribution in [0.5, 0.6) is 0 Å². The van der Waals surface area contributed by atoms with Gasteiger partial charge < -0.3 is 9.32 Å². The molecule has 0 fully saturated rings. The Balaban J connectivity index is 1.22. The van der Waals surface area contributed by atoms with Gasteiger partial charge in [-0.2, -0.15) is 0 Å². The maximum Gasteiger partial charge on any atom is 0.143 e. The van der Waals surface area contributed by atoms with Gasteiger partial charge in [0.2, 0.25) is 0 Å². The zero-order valence-corrected chi connectivity index (χ0v) is 32.7. The number of hydrogen-bond acceptors (Lipinski definition) is 2. The monoisotopic (exact) mass is 763 g/mol. The van der Waals surface area contributed by atoms with Gasteiger partial charge in [0, 0.05) is 32.8 Å². The molecule has 12 rings (SSSR count). The summed E-state index contributed by atoms with van der Waals surface area (Å²) in [5.41, 5.74) is 12.1.